The molecule has 0 saturated carbocycles. The van der Waals surface area contributed by atoms with E-state index >= 15 is 0 Å². The maximum atomic E-state index is 13.1. The van der Waals surface area contributed by atoms with Crippen LogP contribution in [0.2, 0.25) is 5.02 Å². The first-order chi connectivity index (χ1) is 15.3. The maximum Gasteiger partial charge on any atom is 0.329 e. The number of halogens is 1. The lowest BCUT2D eigenvalue weighted by molar-refractivity contribution is 0.601. The summed E-state index contributed by atoms with van der Waals surface area (Å²) in [5, 5.41) is 0.335. The SMILES string of the molecule is CCn1c(=O)n(CC)c2cc(Sc3ccccc3)c(NS(=O)(=O)c3cccc(Cl)c3)cc21. The summed E-state index contributed by atoms with van der Waals surface area (Å²) in [7, 11) is -3.89. The van der Waals surface area contributed by atoms with Crippen molar-refractivity contribution in [3.8, 4) is 0 Å². The van der Waals surface area contributed by atoms with E-state index in [-0.39, 0.29) is 10.6 Å². The second-order valence-electron chi connectivity index (χ2n) is 7.09. The van der Waals surface area contributed by atoms with E-state index in [1.165, 1.54) is 23.9 Å². The normalized spacial score (nSPS) is 11.7. The molecule has 1 heterocycles. The van der Waals surface area contributed by atoms with Gasteiger partial charge >= 0.3 is 5.69 Å². The van der Waals surface area contributed by atoms with E-state index in [2.05, 4.69) is 4.72 Å². The maximum absolute atomic E-state index is 13.1. The fourth-order valence-electron chi connectivity index (χ4n) is 3.57. The Labute approximate surface area is 195 Å². The van der Waals surface area contributed by atoms with Crippen LogP contribution in [0.15, 0.2) is 86.2 Å². The number of benzene rings is 3. The van der Waals surface area contributed by atoms with Crippen LogP contribution in [0.25, 0.3) is 11.0 Å². The van der Waals surface area contributed by atoms with E-state index in [0.717, 1.165) is 10.4 Å². The van der Waals surface area contributed by atoms with Crippen molar-refractivity contribution in [3.05, 3.63) is 82.2 Å². The molecule has 1 aromatic heterocycles. The summed E-state index contributed by atoms with van der Waals surface area (Å²) in [5.74, 6) is 0. The Kier molecular flexibility index (Phi) is 6.37. The Hall–Kier alpha value is -2.68. The van der Waals surface area contributed by atoms with Gasteiger partial charge in [-0.2, -0.15) is 0 Å². The number of nitrogens with one attached hydrogen (secondary N) is 1. The molecule has 0 aliphatic heterocycles. The highest BCUT2D eigenvalue weighted by Crippen LogP contribution is 2.37. The number of anilines is 1. The van der Waals surface area contributed by atoms with Crippen molar-refractivity contribution in [1.29, 1.82) is 0 Å². The molecular weight excluding hydrogens is 466 g/mol. The van der Waals surface area contributed by atoms with Crippen LogP contribution in [0.1, 0.15) is 13.8 Å². The molecule has 4 rings (SSSR count). The van der Waals surface area contributed by atoms with Gasteiger partial charge in [-0.1, -0.05) is 47.6 Å². The Bertz CT molecular complexity index is 1440. The lowest BCUT2D eigenvalue weighted by atomic mass is 10.2. The summed E-state index contributed by atoms with van der Waals surface area (Å²) >= 11 is 7.44. The standard InChI is InChI=1S/C23H22ClN3O3S2/c1-3-26-20-14-19(25-32(29,30)18-12-8-9-16(24)13-18)22(31-17-10-6-5-7-11-17)15-21(20)27(4-2)23(26)28/h5-15,25H,3-4H2,1-2H3. The van der Waals surface area contributed by atoms with Gasteiger partial charge in [0.1, 0.15) is 0 Å². The van der Waals surface area contributed by atoms with Crippen LogP contribution >= 0.6 is 23.4 Å². The molecular formula is C23H22ClN3O3S2. The Balaban J connectivity index is 1.90. The largest absolute Gasteiger partial charge is 0.329 e. The van der Waals surface area contributed by atoms with Crippen molar-refractivity contribution in [2.75, 3.05) is 4.72 Å². The first-order valence-electron chi connectivity index (χ1n) is 10.1. The predicted octanol–water partition coefficient (Wildman–Crippen LogP) is 5.45. The van der Waals surface area contributed by atoms with E-state index in [4.69, 9.17) is 11.6 Å². The van der Waals surface area contributed by atoms with Gasteiger partial charge < -0.3 is 0 Å². The zero-order valence-electron chi connectivity index (χ0n) is 17.6. The van der Waals surface area contributed by atoms with Crippen molar-refractivity contribution >= 4 is 50.1 Å². The molecule has 0 bridgehead atoms. The van der Waals surface area contributed by atoms with Crippen LogP contribution in [0.4, 0.5) is 5.69 Å². The molecule has 0 spiro atoms. The molecule has 0 unspecified atom stereocenters. The average molecular weight is 488 g/mol. The molecule has 32 heavy (non-hydrogen) atoms. The van der Waals surface area contributed by atoms with E-state index in [1.54, 1.807) is 27.3 Å². The van der Waals surface area contributed by atoms with Crippen LogP contribution in [-0.4, -0.2) is 17.6 Å². The monoisotopic (exact) mass is 487 g/mol. The molecule has 0 amide bonds. The van der Waals surface area contributed by atoms with Gasteiger partial charge in [0.05, 0.1) is 21.6 Å². The second-order valence-corrected chi connectivity index (χ2v) is 10.3. The third kappa shape index (κ3) is 4.30. The average Bonchev–Trinajstić information content (AvgIpc) is 3.03. The van der Waals surface area contributed by atoms with Crippen LogP contribution in [0.3, 0.4) is 0 Å². The lowest BCUT2D eigenvalue weighted by Gasteiger charge is -2.14. The minimum absolute atomic E-state index is 0.0692. The highest BCUT2D eigenvalue weighted by Gasteiger charge is 2.20. The summed E-state index contributed by atoms with van der Waals surface area (Å²) in [6.45, 7) is 4.81. The highest BCUT2D eigenvalue weighted by atomic mass is 35.5. The van der Waals surface area contributed by atoms with Crippen LogP contribution in [0.5, 0.6) is 0 Å². The van der Waals surface area contributed by atoms with Gasteiger partial charge in [-0.3, -0.25) is 13.9 Å². The number of sulfonamides is 1. The first-order valence-corrected chi connectivity index (χ1v) is 12.8. The van der Waals surface area contributed by atoms with Gasteiger partial charge in [0.25, 0.3) is 10.0 Å². The fraction of sp³-hybridized carbons (Fsp3) is 0.174. The van der Waals surface area contributed by atoms with Crippen molar-refractivity contribution in [1.82, 2.24) is 9.13 Å². The quantitative estimate of drug-likeness (QED) is 0.376. The summed E-state index contributed by atoms with van der Waals surface area (Å²) in [4.78, 5) is 14.6. The van der Waals surface area contributed by atoms with Gasteiger partial charge in [0.2, 0.25) is 0 Å². The molecule has 4 aromatic rings. The molecule has 9 heteroatoms. The van der Waals surface area contributed by atoms with Crippen LogP contribution in [-0.2, 0) is 23.1 Å². The zero-order valence-corrected chi connectivity index (χ0v) is 20.0. The molecule has 3 aromatic carbocycles. The Morgan fingerprint density at radius 1 is 0.906 bits per heavy atom. The minimum Gasteiger partial charge on any atom is -0.292 e. The topological polar surface area (TPSA) is 73.1 Å². The smallest absolute Gasteiger partial charge is 0.292 e. The van der Waals surface area contributed by atoms with E-state index < -0.39 is 10.0 Å². The Morgan fingerprint density at radius 2 is 1.56 bits per heavy atom. The summed E-state index contributed by atoms with van der Waals surface area (Å²) in [6, 6.07) is 19.4. The molecule has 0 aliphatic rings. The van der Waals surface area contributed by atoms with Crippen molar-refractivity contribution in [3.63, 3.8) is 0 Å². The van der Waals surface area contributed by atoms with E-state index in [1.807, 2.05) is 50.2 Å². The van der Waals surface area contributed by atoms with Crippen molar-refractivity contribution < 1.29 is 8.42 Å². The molecule has 166 valence electrons. The van der Waals surface area contributed by atoms with Gasteiger partial charge in [-0.05, 0) is 56.3 Å². The molecule has 0 saturated heterocycles. The van der Waals surface area contributed by atoms with Crippen molar-refractivity contribution in [2.45, 2.75) is 41.6 Å². The fourth-order valence-corrected chi connectivity index (χ4v) is 5.94. The number of hydrogen-bond donors (Lipinski definition) is 1. The molecule has 0 atom stereocenters. The van der Waals surface area contributed by atoms with Gasteiger partial charge in [-0.25, -0.2) is 13.2 Å². The lowest BCUT2D eigenvalue weighted by Crippen LogP contribution is -2.23. The highest BCUT2D eigenvalue weighted by molar-refractivity contribution is 7.99. The number of rotatable bonds is 7. The van der Waals surface area contributed by atoms with Gasteiger partial charge in [-0.15, -0.1) is 0 Å². The van der Waals surface area contributed by atoms with Gasteiger partial charge in [0.15, 0.2) is 0 Å². The minimum atomic E-state index is -3.89. The van der Waals surface area contributed by atoms with Crippen LogP contribution in [0, 0.1) is 0 Å². The molecule has 0 fully saturated rings. The first kappa shape index (κ1) is 22.5. The van der Waals surface area contributed by atoms with Gasteiger partial charge in [0, 0.05) is 27.9 Å². The third-order valence-corrected chi connectivity index (χ3v) is 7.74. The summed E-state index contributed by atoms with van der Waals surface area (Å²) in [6.07, 6.45) is 0. The van der Waals surface area contributed by atoms with Crippen LogP contribution < -0.4 is 10.4 Å². The molecule has 6 nitrogen and oxygen atoms in total. The summed E-state index contributed by atoms with van der Waals surface area (Å²) in [5.41, 5.74) is 1.74. The number of hydrogen-bond acceptors (Lipinski definition) is 4. The summed E-state index contributed by atoms with van der Waals surface area (Å²) < 4.78 is 32.3. The predicted molar refractivity (Wildman–Crippen MR) is 130 cm³/mol. The number of aromatic nitrogens is 2. The number of nitrogens with zero attached hydrogens (tertiary/aromatic N) is 2. The van der Waals surface area contributed by atoms with Crippen molar-refractivity contribution in [2.24, 2.45) is 0 Å². The molecule has 0 aliphatic carbocycles. The number of imidazole rings is 1. The zero-order chi connectivity index (χ0) is 22.9. The molecule has 1 N–H and O–H groups in total. The van der Waals surface area contributed by atoms with E-state index in [0.29, 0.717) is 34.2 Å². The van der Waals surface area contributed by atoms with E-state index in [9.17, 15) is 13.2 Å². The number of fused-ring (bicyclic) bond motifs is 1. The molecule has 0 radical (unpaired) electrons. The second kappa shape index (κ2) is 9.05. The number of aryl methyl sites for hydroxylation is 2. The Morgan fingerprint density at radius 3 is 2.19 bits per heavy atom. The third-order valence-electron chi connectivity index (χ3n) is 5.07.